The average Bonchev–Trinajstić information content (AvgIpc) is 2.43. The van der Waals surface area contributed by atoms with E-state index in [-0.39, 0.29) is 5.91 Å². The normalized spacial score (nSPS) is 10.2. The van der Waals surface area contributed by atoms with E-state index < -0.39 is 0 Å². The fourth-order valence-corrected chi connectivity index (χ4v) is 2.33. The Balaban J connectivity index is 2.19. The number of rotatable bonds is 4. The molecule has 1 aromatic carbocycles. The summed E-state index contributed by atoms with van der Waals surface area (Å²) >= 11 is 6.78. The minimum atomic E-state index is -0.247. The minimum absolute atomic E-state index is 0.247. The third-order valence-electron chi connectivity index (χ3n) is 2.52. The second-order valence-corrected chi connectivity index (χ2v) is 5.79. The first-order valence-electron chi connectivity index (χ1n) is 6.07. The van der Waals surface area contributed by atoms with Gasteiger partial charge in [-0.3, -0.25) is 4.79 Å². The van der Waals surface area contributed by atoms with Gasteiger partial charge in [-0.25, -0.2) is 4.98 Å². The van der Waals surface area contributed by atoms with Crippen LogP contribution in [0.5, 0.6) is 0 Å². The molecule has 0 saturated heterocycles. The molecular formula is C14H13Br2N3O. The van der Waals surface area contributed by atoms with Crippen LogP contribution >= 0.6 is 31.9 Å². The summed E-state index contributed by atoms with van der Waals surface area (Å²) in [7, 11) is 0. The van der Waals surface area contributed by atoms with Crippen molar-refractivity contribution in [3.05, 3.63) is 51.0 Å². The number of halogens is 2. The first-order chi connectivity index (χ1) is 9.60. The van der Waals surface area contributed by atoms with Crippen LogP contribution in [0, 0.1) is 0 Å². The van der Waals surface area contributed by atoms with E-state index in [2.05, 4.69) is 47.5 Å². The molecule has 0 fully saturated rings. The molecule has 4 nitrogen and oxygen atoms in total. The van der Waals surface area contributed by atoms with Crippen molar-refractivity contribution in [2.45, 2.75) is 6.92 Å². The second-order valence-electron chi connectivity index (χ2n) is 4.02. The van der Waals surface area contributed by atoms with Gasteiger partial charge in [0, 0.05) is 15.5 Å². The maximum atomic E-state index is 12.2. The van der Waals surface area contributed by atoms with Crippen molar-refractivity contribution in [1.82, 2.24) is 4.98 Å². The molecule has 0 aliphatic rings. The SMILES string of the molecule is CCNc1cccc(C(=O)Nc2cc(Br)ccc2Br)n1. The summed E-state index contributed by atoms with van der Waals surface area (Å²) in [6.07, 6.45) is 0. The molecular weight excluding hydrogens is 386 g/mol. The van der Waals surface area contributed by atoms with E-state index in [1.165, 1.54) is 0 Å². The zero-order valence-electron chi connectivity index (χ0n) is 10.8. The van der Waals surface area contributed by atoms with Crippen LogP contribution in [0.4, 0.5) is 11.5 Å². The van der Waals surface area contributed by atoms with Crippen molar-refractivity contribution >= 4 is 49.3 Å². The van der Waals surface area contributed by atoms with Crippen LogP contribution in [0.3, 0.4) is 0 Å². The summed E-state index contributed by atoms with van der Waals surface area (Å²) in [5, 5.41) is 5.91. The Hall–Kier alpha value is -1.40. The number of hydrogen-bond acceptors (Lipinski definition) is 3. The number of aromatic nitrogens is 1. The molecule has 1 amide bonds. The Kier molecular flexibility index (Phi) is 5.14. The summed E-state index contributed by atoms with van der Waals surface area (Å²) in [6, 6.07) is 10.9. The Labute approximate surface area is 134 Å². The molecule has 0 aliphatic heterocycles. The van der Waals surface area contributed by atoms with Crippen LogP contribution in [0.1, 0.15) is 17.4 Å². The van der Waals surface area contributed by atoms with Crippen molar-refractivity contribution in [3.63, 3.8) is 0 Å². The molecule has 0 aliphatic carbocycles. The van der Waals surface area contributed by atoms with Gasteiger partial charge in [0.2, 0.25) is 0 Å². The first-order valence-corrected chi connectivity index (χ1v) is 7.66. The Bertz CT molecular complexity index is 632. The molecule has 2 N–H and O–H groups in total. The van der Waals surface area contributed by atoms with Crippen molar-refractivity contribution in [1.29, 1.82) is 0 Å². The number of nitrogens with zero attached hydrogens (tertiary/aromatic N) is 1. The lowest BCUT2D eigenvalue weighted by Crippen LogP contribution is -2.15. The lowest BCUT2D eigenvalue weighted by atomic mass is 10.3. The molecule has 0 spiro atoms. The molecule has 0 saturated carbocycles. The molecule has 0 radical (unpaired) electrons. The van der Waals surface area contributed by atoms with E-state index >= 15 is 0 Å². The monoisotopic (exact) mass is 397 g/mol. The summed E-state index contributed by atoms with van der Waals surface area (Å²) < 4.78 is 1.71. The van der Waals surface area contributed by atoms with Crippen LogP contribution < -0.4 is 10.6 Å². The molecule has 2 aromatic rings. The zero-order chi connectivity index (χ0) is 14.5. The first kappa shape index (κ1) is 15.0. The predicted molar refractivity (Wildman–Crippen MR) is 88.2 cm³/mol. The van der Waals surface area contributed by atoms with E-state index in [4.69, 9.17) is 0 Å². The van der Waals surface area contributed by atoms with Crippen molar-refractivity contribution in [2.75, 3.05) is 17.2 Å². The minimum Gasteiger partial charge on any atom is -0.370 e. The summed E-state index contributed by atoms with van der Waals surface area (Å²) in [4.78, 5) is 16.5. The number of carbonyl (C=O) groups excluding carboxylic acids is 1. The highest BCUT2D eigenvalue weighted by Crippen LogP contribution is 2.26. The fourth-order valence-electron chi connectivity index (χ4n) is 1.62. The van der Waals surface area contributed by atoms with Crippen LogP contribution in [0.15, 0.2) is 45.3 Å². The molecule has 0 atom stereocenters. The summed E-state index contributed by atoms with van der Waals surface area (Å²) in [6.45, 7) is 2.74. The quantitative estimate of drug-likeness (QED) is 0.807. The van der Waals surface area contributed by atoms with Crippen LogP contribution in [-0.4, -0.2) is 17.4 Å². The van der Waals surface area contributed by atoms with Gasteiger partial charge in [-0.05, 0) is 53.2 Å². The van der Waals surface area contributed by atoms with Gasteiger partial charge in [0.1, 0.15) is 11.5 Å². The summed E-state index contributed by atoms with van der Waals surface area (Å²) in [5.41, 5.74) is 1.07. The van der Waals surface area contributed by atoms with Gasteiger partial charge in [-0.15, -0.1) is 0 Å². The molecule has 20 heavy (non-hydrogen) atoms. The molecule has 1 heterocycles. The van der Waals surface area contributed by atoms with Gasteiger partial charge in [0.25, 0.3) is 5.91 Å². The number of carbonyl (C=O) groups is 1. The van der Waals surface area contributed by atoms with Crippen LogP contribution in [0.25, 0.3) is 0 Å². The van der Waals surface area contributed by atoms with Gasteiger partial charge in [-0.1, -0.05) is 22.0 Å². The largest absolute Gasteiger partial charge is 0.370 e. The van der Waals surface area contributed by atoms with Crippen LogP contribution in [-0.2, 0) is 0 Å². The maximum Gasteiger partial charge on any atom is 0.274 e. The van der Waals surface area contributed by atoms with Gasteiger partial charge >= 0.3 is 0 Å². The molecule has 1 aromatic heterocycles. The Morgan fingerprint density at radius 1 is 1.25 bits per heavy atom. The van der Waals surface area contributed by atoms with E-state index in [1.54, 1.807) is 12.1 Å². The highest BCUT2D eigenvalue weighted by Gasteiger charge is 2.10. The Morgan fingerprint density at radius 2 is 2.05 bits per heavy atom. The molecule has 2 rings (SSSR count). The lowest BCUT2D eigenvalue weighted by molar-refractivity contribution is 0.102. The van der Waals surface area contributed by atoms with Crippen molar-refractivity contribution in [2.24, 2.45) is 0 Å². The number of amides is 1. The average molecular weight is 399 g/mol. The summed E-state index contributed by atoms with van der Waals surface area (Å²) in [5.74, 6) is 0.442. The van der Waals surface area contributed by atoms with Gasteiger partial charge in [-0.2, -0.15) is 0 Å². The van der Waals surface area contributed by atoms with Crippen LogP contribution in [0.2, 0.25) is 0 Å². The topological polar surface area (TPSA) is 54.0 Å². The standard InChI is InChI=1S/C14H13Br2N3O/c1-2-17-13-5-3-4-11(18-13)14(20)19-12-8-9(15)6-7-10(12)16/h3-8H,2H2,1H3,(H,17,18)(H,19,20). The van der Waals surface area contributed by atoms with E-state index in [0.29, 0.717) is 17.2 Å². The van der Waals surface area contributed by atoms with E-state index in [1.807, 2.05) is 31.2 Å². The van der Waals surface area contributed by atoms with Gasteiger partial charge in [0.15, 0.2) is 0 Å². The van der Waals surface area contributed by atoms with Gasteiger partial charge in [0.05, 0.1) is 5.69 Å². The fraction of sp³-hybridized carbons (Fsp3) is 0.143. The lowest BCUT2D eigenvalue weighted by Gasteiger charge is -2.09. The van der Waals surface area contributed by atoms with Gasteiger partial charge < -0.3 is 10.6 Å². The highest BCUT2D eigenvalue weighted by atomic mass is 79.9. The number of benzene rings is 1. The molecule has 6 heteroatoms. The zero-order valence-corrected chi connectivity index (χ0v) is 14.0. The third kappa shape index (κ3) is 3.80. The smallest absolute Gasteiger partial charge is 0.274 e. The molecule has 104 valence electrons. The predicted octanol–water partition coefficient (Wildman–Crippen LogP) is 4.29. The maximum absolute atomic E-state index is 12.2. The number of nitrogens with one attached hydrogen (secondary N) is 2. The highest BCUT2D eigenvalue weighted by molar-refractivity contribution is 9.11. The third-order valence-corrected chi connectivity index (χ3v) is 3.70. The number of pyridine rings is 1. The number of hydrogen-bond donors (Lipinski definition) is 2. The number of anilines is 2. The molecule has 0 unspecified atom stereocenters. The van der Waals surface area contributed by atoms with E-state index in [9.17, 15) is 4.79 Å². The van der Waals surface area contributed by atoms with Crippen molar-refractivity contribution in [3.8, 4) is 0 Å². The van der Waals surface area contributed by atoms with Crippen molar-refractivity contribution < 1.29 is 4.79 Å². The Morgan fingerprint density at radius 3 is 2.80 bits per heavy atom. The molecule has 0 bridgehead atoms. The van der Waals surface area contributed by atoms with E-state index in [0.717, 1.165) is 15.5 Å². The second kappa shape index (κ2) is 6.85.